The van der Waals surface area contributed by atoms with E-state index in [2.05, 4.69) is 51.1 Å². The number of halogens is 1. The predicted octanol–water partition coefficient (Wildman–Crippen LogP) is 5.44. The third kappa shape index (κ3) is 5.01. The molecular weight excluding hydrogens is 472 g/mol. The van der Waals surface area contributed by atoms with Crippen molar-refractivity contribution in [3.05, 3.63) is 101 Å². The Bertz CT molecular complexity index is 1550. The summed E-state index contributed by atoms with van der Waals surface area (Å²) in [6.45, 7) is 4.70. The van der Waals surface area contributed by atoms with Crippen molar-refractivity contribution in [3.63, 3.8) is 0 Å². The zero-order chi connectivity index (χ0) is 23.6. The molecule has 0 amide bonds. The van der Waals surface area contributed by atoms with Gasteiger partial charge in [0.1, 0.15) is 12.4 Å². The fraction of sp³-hybridized carbons (Fsp3) is 0.241. The molecule has 5 aromatic rings. The summed E-state index contributed by atoms with van der Waals surface area (Å²) in [5.74, 6) is 0.565. The van der Waals surface area contributed by atoms with Crippen molar-refractivity contribution in [2.45, 2.75) is 26.0 Å². The van der Waals surface area contributed by atoms with Crippen LogP contribution >= 0.6 is 12.4 Å². The maximum atomic E-state index is 12.9. The van der Waals surface area contributed by atoms with Gasteiger partial charge >= 0.3 is 0 Å². The van der Waals surface area contributed by atoms with E-state index in [9.17, 15) is 4.79 Å². The van der Waals surface area contributed by atoms with Crippen LogP contribution in [0, 0.1) is 0 Å². The Kier molecular flexibility index (Phi) is 7.07. The van der Waals surface area contributed by atoms with E-state index in [-0.39, 0.29) is 18.0 Å². The van der Waals surface area contributed by atoms with Gasteiger partial charge in [0.25, 0.3) is 5.56 Å². The molecule has 0 spiro atoms. The lowest BCUT2D eigenvalue weighted by atomic mass is 10.1. The summed E-state index contributed by atoms with van der Waals surface area (Å²) in [4.78, 5) is 15.4. The number of aromatic nitrogens is 3. The maximum absolute atomic E-state index is 12.9. The van der Waals surface area contributed by atoms with Crippen LogP contribution in [0.2, 0.25) is 0 Å². The third-order valence-electron chi connectivity index (χ3n) is 6.84. The fourth-order valence-corrected chi connectivity index (χ4v) is 4.90. The average Bonchev–Trinajstić information content (AvgIpc) is 3.56. The molecule has 6 nitrogen and oxygen atoms in total. The second-order valence-corrected chi connectivity index (χ2v) is 9.20. The molecule has 2 aromatic heterocycles. The SMILES string of the molecule is Cl.O=c1cc(OCc2ccc3ccccc3c2)ccn1-c1ccc2c(cnn2CCN2CCCC2)c1. The Labute approximate surface area is 216 Å². The highest BCUT2D eigenvalue weighted by Crippen LogP contribution is 2.20. The number of benzene rings is 3. The number of ether oxygens (including phenoxy) is 1. The normalized spacial score (nSPS) is 13.8. The monoisotopic (exact) mass is 500 g/mol. The van der Waals surface area contributed by atoms with Crippen LogP contribution in [0.3, 0.4) is 0 Å². The van der Waals surface area contributed by atoms with Crippen molar-refractivity contribution in [1.82, 2.24) is 19.2 Å². The highest BCUT2D eigenvalue weighted by atomic mass is 35.5. The van der Waals surface area contributed by atoms with Gasteiger partial charge in [0, 0.05) is 29.9 Å². The number of fused-ring (bicyclic) bond motifs is 2. The van der Waals surface area contributed by atoms with Gasteiger partial charge < -0.3 is 9.64 Å². The summed E-state index contributed by atoms with van der Waals surface area (Å²) in [6.07, 6.45) is 6.25. The maximum Gasteiger partial charge on any atom is 0.258 e. The van der Waals surface area contributed by atoms with Crippen molar-refractivity contribution >= 4 is 34.1 Å². The first-order valence-electron chi connectivity index (χ1n) is 12.2. The number of hydrogen-bond donors (Lipinski definition) is 0. The smallest absolute Gasteiger partial charge is 0.258 e. The molecular formula is C29H29ClN4O2. The molecule has 0 radical (unpaired) electrons. The molecule has 184 valence electrons. The van der Waals surface area contributed by atoms with Gasteiger partial charge in [-0.05, 0) is 72.6 Å². The topological polar surface area (TPSA) is 52.3 Å². The van der Waals surface area contributed by atoms with E-state index in [1.807, 2.05) is 36.5 Å². The molecule has 1 fully saturated rings. The first kappa shape index (κ1) is 24.1. The van der Waals surface area contributed by atoms with E-state index < -0.39 is 0 Å². The van der Waals surface area contributed by atoms with Crippen molar-refractivity contribution in [3.8, 4) is 11.4 Å². The van der Waals surface area contributed by atoms with Crippen LogP contribution in [0.15, 0.2) is 90.0 Å². The van der Waals surface area contributed by atoms with Gasteiger partial charge in [-0.1, -0.05) is 36.4 Å². The number of likely N-dealkylation sites (tertiary alicyclic amines) is 1. The zero-order valence-electron chi connectivity index (χ0n) is 20.0. The first-order valence-corrected chi connectivity index (χ1v) is 12.2. The van der Waals surface area contributed by atoms with Crippen molar-refractivity contribution < 1.29 is 4.74 Å². The Balaban J connectivity index is 0.00000267. The lowest BCUT2D eigenvalue weighted by Crippen LogP contribution is -2.24. The number of rotatable bonds is 7. The molecule has 1 saturated heterocycles. The van der Waals surface area contributed by atoms with E-state index >= 15 is 0 Å². The van der Waals surface area contributed by atoms with Gasteiger partial charge in [-0.2, -0.15) is 5.10 Å². The minimum Gasteiger partial charge on any atom is -0.489 e. The molecule has 0 N–H and O–H groups in total. The molecule has 3 aromatic carbocycles. The molecule has 0 saturated carbocycles. The molecule has 6 rings (SSSR count). The first-order chi connectivity index (χ1) is 17.2. The molecule has 1 aliphatic heterocycles. The van der Waals surface area contributed by atoms with Gasteiger partial charge in [-0.15, -0.1) is 12.4 Å². The second-order valence-electron chi connectivity index (χ2n) is 9.20. The second kappa shape index (κ2) is 10.6. The highest BCUT2D eigenvalue weighted by molar-refractivity contribution is 5.85. The van der Waals surface area contributed by atoms with Crippen LogP contribution in [0.1, 0.15) is 18.4 Å². The van der Waals surface area contributed by atoms with Gasteiger partial charge in [0.05, 0.1) is 18.3 Å². The van der Waals surface area contributed by atoms with Crippen LogP contribution < -0.4 is 10.3 Å². The number of pyridine rings is 1. The summed E-state index contributed by atoms with van der Waals surface area (Å²) in [5.41, 5.74) is 2.86. The molecule has 1 aliphatic rings. The molecule has 3 heterocycles. The zero-order valence-corrected chi connectivity index (χ0v) is 20.9. The molecule has 7 heteroatoms. The van der Waals surface area contributed by atoms with E-state index in [0.29, 0.717) is 12.4 Å². The van der Waals surface area contributed by atoms with Crippen molar-refractivity contribution in [2.75, 3.05) is 19.6 Å². The fourth-order valence-electron chi connectivity index (χ4n) is 4.90. The highest BCUT2D eigenvalue weighted by Gasteiger charge is 2.12. The lowest BCUT2D eigenvalue weighted by molar-refractivity contribution is 0.305. The van der Waals surface area contributed by atoms with Crippen LogP contribution in [0.25, 0.3) is 27.4 Å². The van der Waals surface area contributed by atoms with Gasteiger partial charge in [-0.3, -0.25) is 14.0 Å². The van der Waals surface area contributed by atoms with E-state index in [0.717, 1.165) is 35.2 Å². The van der Waals surface area contributed by atoms with Crippen LogP contribution in [-0.4, -0.2) is 38.9 Å². The molecule has 0 aliphatic carbocycles. The number of hydrogen-bond acceptors (Lipinski definition) is 4. The predicted molar refractivity (Wildman–Crippen MR) is 147 cm³/mol. The molecule has 0 bridgehead atoms. The van der Waals surface area contributed by atoms with E-state index in [1.165, 1.54) is 36.7 Å². The van der Waals surface area contributed by atoms with Crippen molar-refractivity contribution in [2.24, 2.45) is 0 Å². The molecule has 0 atom stereocenters. The summed E-state index contributed by atoms with van der Waals surface area (Å²) < 4.78 is 9.63. The summed E-state index contributed by atoms with van der Waals surface area (Å²) in [6, 6.07) is 24.0. The Morgan fingerprint density at radius 2 is 1.67 bits per heavy atom. The van der Waals surface area contributed by atoms with Crippen LogP contribution in [-0.2, 0) is 13.2 Å². The average molecular weight is 501 g/mol. The Hall–Kier alpha value is -3.61. The van der Waals surface area contributed by atoms with Crippen LogP contribution in [0.5, 0.6) is 5.75 Å². The van der Waals surface area contributed by atoms with Crippen LogP contribution in [0.4, 0.5) is 0 Å². The standard InChI is InChI=1S/C29H28N4O2.ClH/c34-29-19-27(35-21-22-7-8-23-5-1-2-6-24(23)17-22)11-14-32(29)26-9-10-28-25(18-26)20-30-33(28)16-15-31-12-3-4-13-31;/h1-2,5-11,14,17-20H,3-4,12-13,15-16,21H2;1H. The van der Waals surface area contributed by atoms with E-state index in [1.54, 1.807) is 16.8 Å². The Morgan fingerprint density at radius 3 is 2.50 bits per heavy atom. The van der Waals surface area contributed by atoms with E-state index in [4.69, 9.17) is 4.74 Å². The third-order valence-corrected chi connectivity index (χ3v) is 6.84. The summed E-state index contributed by atoms with van der Waals surface area (Å²) in [5, 5.41) is 8.00. The molecule has 36 heavy (non-hydrogen) atoms. The van der Waals surface area contributed by atoms with Gasteiger partial charge in [0.15, 0.2) is 0 Å². The largest absolute Gasteiger partial charge is 0.489 e. The number of nitrogens with zero attached hydrogens (tertiary/aromatic N) is 4. The minimum absolute atomic E-state index is 0. The molecule has 0 unspecified atom stereocenters. The minimum atomic E-state index is -0.123. The Morgan fingerprint density at radius 1 is 0.833 bits per heavy atom. The van der Waals surface area contributed by atoms with Gasteiger partial charge in [0.2, 0.25) is 0 Å². The van der Waals surface area contributed by atoms with Gasteiger partial charge in [-0.25, -0.2) is 0 Å². The summed E-state index contributed by atoms with van der Waals surface area (Å²) >= 11 is 0. The van der Waals surface area contributed by atoms with Crippen molar-refractivity contribution in [1.29, 1.82) is 0 Å². The lowest BCUT2D eigenvalue weighted by Gasteiger charge is -2.14. The quantitative estimate of drug-likeness (QED) is 0.299. The summed E-state index contributed by atoms with van der Waals surface area (Å²) in [7, 11) is 0.